The summed E-state index contributed by atoms with van der Waals surface area (Å²) in [6, 6.07) is 2.43. The average Bonchev–Trinajstić information content (AvgIpc) is 2.69. The highest BCUT2D eigenvalue weighted by atomic mass is 14.8. The molecule has 0 atom stereocenters. The van der Waals surface area contributed by atoms with E-state index in [1.807, 2.05) is 0 Å². The lowest BCUT2D eigenvalue weighted by atomic mass is 9.90. The third-order valence-corrected chi connectivity index (χ3v) is 3.79. The first kappa shape index (κ1) is 8.46. The maximum absolute atomic E-state index is 4.89. The van der Waals surface area contributed by atoms with Crippen LogP contribution in [-0.2, 0) is 24.7 Å². The first-order valence-corrected chi connectivity index (χ1v) is 5.69. The number of fused-ring (bicyclic) bond motifs is 2. The Morgan fingerprint density at radius 2 is 2.00 bits per heavy atom. The van der Waals surface area contributed by atoms with Crippen molar-refractivity contribution in [2.24, 2.45) is 0 Å². The van der Waals surface area contributed by atoms with Crippen molar-refractivity contribution in [2.45, 2.75) is 51.4 Å². The van der Waals surface area contributed by atoms with Gasteiger partial charge in [0.25, 0.3) is 0 Å². The lowest BCUT2D eigenvalue weighted by Crippen LogP contribution is -2.14. The highest BCUT2D eigenvalue weighted by Crippen LogP contribution is 2.38. The number of pyridine rings is 1. The van der Waals surface area contributed by atoms with Gasteiger partial charge in [0, 0.05) is 16.8 Å². The molecule has 0 radical (unpaired) electrons. The summed E-state index contributed by atoms with van der Waals surface area (Å²) >= 11 is 0. The predicted molar refractivity (Wildman–Crippen MR) is 57.6 cm³/mol. The lowest BCUT2D eigenvalue weighted by molar-refractivity contribution is 0.508. The second-order valence-electron chi connectivity index (χ2n) is 5.34. The normalized spacial score (nSPS) is 22.1. The van der Waals surface area contributed by atoms with Crippen LogP contribution in [0.25, 0.3) is 0 Å². The van der Waals surface area contributed by atoms with Crippen molar-refractivity contribution >= 4 is 0 Å². The largest absolute Gasteiger partial charge is 0.257 e. The van der Waals surface area contributed by atoms with Crippen LogP contribution >= 0.6 is 0 Å². The standard InChI is InChI=1S/C13H17N/c1-13(2)7-6-10-8-9-4-3-5-11(9)14-12(10)13/h8H,3-7H2,1-2H3. The summed E-state index contributed by atoms with van der Waals surface area (Å²) in [6.45, 7) is 4.65. The van der Waals surface area contributed by atoms with Crippen LogP contribution < -0.4 is 0 Å². The number of rotatable bonds is 0. The minimum atomic E-state index is 0.326. The summed E-state index contributed by atoms with van der Waals surface area (Å²) in [5.41, 5.74) is 6.15. The first-order chi connectivity index (χ1) is 6.67. The molecule has 0 aromatic carbocycles. The van der Waals surface area contributed by atoms with E-state index in [1.165, 1.54) is 54.6 Å². The van der Waals surface area contributed by atoms with Crippen LogP contribution in [0.4, 0.5) is 0 Å². The zero-order chi connectivity index (χ0) is 9.76. The predicted octanol–water partition coefficient (Wildman–Crippen LogP) is 2.79. The van der Waals surface area contributed by atoms with E-state index in [-0.39, 0.29) is 0 Å². The Labute approximate surface area is 85.6 Å². The Morgan fingerprint density at radius 1 is 1.14 bits per heavy atom. The highest BCUT2D eigenvalue weighted by Gasteiger charge is 2.32. The fraction of sp³-hybridized carbons (Fsp3) is 0.615. The van der Waals surface area contributed by atoms with Gasteiger partial charge in [-0.25, -0.2) is 0 Å². The van der Waals surface area contributed by atoms with Crippen molar-refractivity contribution in [3.05, 3.63) is 28.6 Å². The quantitative estimate of drug-likeness (QED) is 0.608. The number of hydrogen-bond acceptors (Lipinski definition) is 1. The average molecular weight is 187 g/mol. The second kappa shape index (κ2) is 2.59. The van der Waals surface area contributed by atoms with Crippen molar-refractivity contribution in [3.8, 4) is 0 Å². The van der Waals surface area contributed by atoms with Gasteiger partial charge in [0.1, 0.15) is 0 Å². The van der Waals surface area contributed by atoms with Crippen molar-refractivity contribution in [1.29, 1.82) is 0 Å². The highest BCUT2D eigenvalue weighted by molar-refractivity contribution is 5.39. The summed E-state index contributed by atoms with van der Waals surface area (Å²) in [5, 5.41) is 0. The molecule has 1 heterocycles. The van der Waals surface area contributed by atoms with Gasteiger partial charge in [0.2, 0.25) is 0 Å². The number of nitrogens with zero attached hydrogens (tertiary/aromatic N) is 1. The van der Waals surface area contributed by atoms with Gasteiger partial charge in [0.05, 0.1) is 0 Å². The molecule has 0 N–H and O–H groups in total. The fourth-order valence-electron chi connectivity index (χ4n) is 2.86. The van der Waals surface area contributed by atoms with Crippen molar-refractivity contribution < 1.29 is 0 Å². The molecule has 14 heavy (non-hydrogen) atoms. The molecule has 0 aliphatic heterocycles. The fourth-order valence-corrected chi connectivity index (χ4v) is 2.86. The van der Waals surface area contributed by atoms with E-state index in [1.54, 1.807) is 0 Å². The molecule has 1 nitrogen and oxygen atoms in total. The zero-order valence-electron chi connectivity index (χ0n) is 9.06. The number of aromatic nitrogens is 1. The SMILES string of the molecule is CC1(C)CCc2cc3c(nc21)CCC3. The van der Waals surface area contributed by atoms with Crippen molar-refractivity contribution in [2.75, 3.05) is 0 Å². The molecule has 0 saturated carbocycles. The summed E-state index contributed by atoms with van der Waals surface area (Å²) < 4.78 is 0. The van der Waals surface area contributed by atoms with E-state index >= 15 is 0 Å². The van der Waals surface area contributed by atoms with Crippen LogP contribution in [0.5, 0.6) is 0 Å². The van der Waals surface area contributed by atoms with E-state index in [9.17, 15) is 0 Å². The minimum Gasteiger partial charge on any atom is -0.257 e. The monoisotopic (exact) mass is 187 g/mol. The molecular formula is C13H17N. The first-order valence-electron chi connectivity index (χ1n) is 5.69. The van der Waals surface area contributed by atoms with Gasteiger partial charge in [-0.15, -0.1) is 0 Å². The summed E-state index contributed by atoms with van der Waals surface area (Å²) in [4.78, 5) is 4.89. The van der Waals surface area contributed by atoms with E-state index in [0.29, 0.717) is 5.41 Å². The maximum atomic E-state index is 4.89. The molecule has 2 aliphatic carbocycles. The van der Waals surface area contributed by atoms with Crippen LogP contribution in [0.2, 0.25) is 0 Å². The number of aryl methyl sites for hydroxylation is 3. The zero-order valence-corrected chi connectivity index (χ0v) is 9.06. The summed E-state index contributed by atoms with van der Waals surface area (Å²) in [5.74, 6) is 0. The Morgan fingerprint density at radius 3 is 2.86 bits per heavy atom. The second-order valence-corrected chi connectivity index (χ2v) is 5.34. The molecule has 1 heteroatoms. The molecule has 74 valence electrons. The molecule has 0 bridgehead atoms. The van der Waals surface area contributed by atoms with Gasteiger partial charge in [-0.1, -0.05) is 19.9 Å². The molecule has 0 fully saturated rings. The van der Waals surface area contributed by atoms with Crippen LogP contribution in [0.3, 0.4) is 0 Å². The smallest absolute Gasteiger partial charge is 0.0495 e. The van der Waals surface area contributed by atoms with Crippen molar-refractivity contribution in [3.63, 3.8) is 0 Å². The minimum absolute atomic E-state index is 0.326. The van der Waals surface area contributed by atoms with Gasteiger partial charge >= 0.3 is 0 Å². The van der Waals surface area contributed by atoms with E-state index in [0.717, 1.165) is 0 Å². The molecule has 0 spiro atoms. The third kappa shape index (κ3) is 1.05. The maximum Gasteiger partial charge on any atom is 0.0495 e. The van der Waals surface area contributed by atoms with Crippen LogP contribution in [-0.4, -0.2) is 4.98 Å². The van der Waals surface area contributed by atoms with Gasteiger partial charge in [-0.2, -0.15) is 0 Å². The number of hydrogen-bond donors (Lipinski definition) is 0. The van der Waals surface area contributed by atoms with E-state index in [2.05, 4.69) is 19.9 Å². The third-order valence-electron chi connectivity index (χ3n) is 3.79. The van der Waals surface area contributed by atoms with Crippen LogP contribution in [0.1, 0.15) is 49.2 Å². The van der Waals surface area contributed by atoms with Gasteiger partial charge in [-0.3, -0.25) is 4.98 Å². The van der Waals surface area contributed by atoms with E-state index < -0.39 is 0 Å². The summed E-state index contributed by atoms with van der Waals surface area (Å²) in [7, 11) is 0. The molecule has 3 rings (SSSR count). The molecule has 1 aromatic heterocycles. The van der Waals surface area contributed by atoms with Crippen LogP contribution in [0.15, 0.2) is 6.07 Å². The van der Waals surface area contributed by atoms with Gasteiger partial charge < -0.3 is 0 Å². The summed E-state index contributed by atoms with van der Waals surface area (Å²) in [6.07, 6.45) is 6.29. The Bertz CT molecular complexity index is 390. The Kier molecular flexibility index (Phi) is 1.56. The van der Waals surface area contributed by atoms with E-state index in [4.69, 9.17) is 4.98 Å². The Balaban J connectivity index is 2.18. The molecule has 1 aromatic rings. The van der Waals surface area contributed by atoms with Crippen molar-refractivity contribution in [1.82, 2.24) is 4.98 Å². The molecular weight excluding hydrogens is 170 g/mol. The van der Waals surface area contributed by atoms with Crippen LogP contribution in [0, 0.1) is 0 Å². The molecule has 2 aliphatic rings. The molecule has 0 unspecified atom stereocenters. The van der Waals surface area contributed by atoms with Gasteiger partial charge in [0.15, 0.2) is 0 Å². The lowest BCUT2D eigenvalue weighted by Gasteiger charge is -2.18. The Hall–Kier alpha value is -0.850. The van der Waals surface area contributed by atoms with Gasteiger partial charge in [-0.05, 0) is 43.2 Å². The topological polar surface area (TPSA) is 12.9 Å². The molecule has 0 amide bonds. The molecule has 0 saturated heterocycles.